The van der Waals surface area contributed by atoms with Crippen LogP contribution in [0.3, 0.4) is 0 Å². The van der Waals surface area contributed by atoms with Gasteiger partial charge in [-0.25, -0.2) is 4.98 Å². The molecule has 1 aromatic carbocycles. The fourth-order valence-electron chi connectivity index (χ4n) is 2.80. The van der Waals surface area contributed by atoms with Crippen molar-refractivity contribution in [2.24, 2.45) is 0 Å². The van der Waals surface area contributed by atoms with E-state index in [1.54, 1.807) is 16.7 Å². The van der Waals surface area contributed by atoms with Crippen LogP contribution >= 0.6 is 23.2 Å². The molecule has 2 heterocycles. The second-order valence-electron chi connectivity index (χ2n) is 5.72. The molecule has 0 saturated carbocycles. The van der Waals surface area contributed by atoms with Crippen molar-refractivity contribution in [3.05, 3.63) is 22.2 Å². The van der Waals surface area contributed by atoms with Gasteiger partial charge in [0.2, 0.25) is 5.95 Å². The first kappa shape index (κ1) is 17.7. The number of fused-ring (bicyclic) bond motifs is 1. The summed E-state index contributed by atoms with van der Waals surface area (Å²) >= 11 is 12.2. The Morgan fingerprint density at radius 2 is 1.96 bits per heavy atom. The van der Waals surface area contributed by atoms with Crippen molar-refractivity contribution in [1.82, 2.24) is 9.55 Å². The van der Waals surface area contributed by atoms with Gasteiger partial charge in [-0.3, -0.25) is 4.57 Å². The normalized spacial score (nSPS) is 27.1. The van der Waals surface area contributed by atoms with Crippen molar-refractivity contribution >= 4 is 40.2 Å². The summed E-state index contributed by atoms with van der Waals surface area (Å²) in [6, 6.07) is 3.27. The Morgan fingerprint density at radius 3 is 2.58 bits per heavy atom. The maximum atomic E-state index is 10.3. The Morgan fingerprint density at radius 1 is 1.25 bits per heavy atom. The van der Waals surface area contributed by atoms with Crippen molar-refractivity contribution in [2.75, 3.05) is 18.5 Å². The van der Waals surface area contributed by atoms with Crippen LogP contribution < -0.4 is 5.32 Å². The smallest absolute Gasteiger partial charge is 0.206 e. The summed E-state index contributed by atoms with van der Waals surface area (Å²) < 4.78 is 7.27. The number of aromatic nitrogens is 2. The van der Waals surface area contributed by atoms with Crippen molar-refractivity contribution in [3.63, 3.8) is 0 Å². The largest absolute Gasteiger partial charge is 0.394 e. The molecule has 0 aliphatic carbocycles. The first-order valence-electron chi connectivity index (χ1n) is 7.71. The molecule has 132 valence electrons. The Labute approximate surface area is 148 Å². The fourth-order valence-corrected chi connectivity index (χ4v) is 3.12. The van der Waals surface area contributed by atoms with E-state index in [1.807, 2.05) is 6.92 Å². The minimum atomic E-state index is -1.21. The SMILES string of the molecule is CCCNc1nc2cc(Cl)c(Cl)cc2n1[C@H]1O[C@@H](CO)[C@H](O)[C@@H]1O. The Kier molecular flexibility index (Phi) is 5.19. The van der Waals surface area contributed by atoms with E-state index >= 15 is 0 Å². The summed E-state index contributed by atoms with van der Waals surface area (Å²) in [6.45, 7) is 2.28. The lowest BCUT2D eigenvalue weighted by Gasteiger charge is -2.20. The van der Waals surface area contributed by atoms with E-state index in [0.717, 1.165) is 6.42 Å². The number of nitrogens with zero attached hydrogens (tertiary/aromatic N) is 2. The number of hydrogen-bond acceptors (Lipinski definition) is 6. The number of hydrogen-bond donors (Lipinski definition) is 4. The summed E-state index contributed by atoms with van der Waals surface area (Å²) in [5, 5.41) is 33.6. The van der Waals surface area contributed by atoms with Crippen molar-refractivity contribution in [2.45, 2.75) is 37.9 Å². The average molecular weight is 376 g/mol. The zero-order valence-electron chi connectivity index (χ0n) is 13.0. The maximum absolute atomic E-state index is 10.3. The summed E-state index contributed by atoms with van der Waals surface area (Å²) in [5.74, 6) is 0.472. The minimum Gasteiger partial charge on any atom is -0.394 e. The van der Waals surface area contributed by atoms with E-state index in [-0.39, 0.29) is 0 Å². The maximum Gasteiger partial charge on any atom is 0.206 e. The molecular formula is C15H19Cl2N3O4. The fraction of sp³-hybridized carbons (Fsp3) is 0.533. The lowest BCUT2D eigenvalue weighted by atomic mass is 10.1. The van der Waals surface area contributed by atoms with Gasteiger partial charge in [0.25, 0.3) is 0 Å². The highest BCUT2D eigenvalue weighted by atomic mass is 35.5. The molecule has 9 heteroatoms. The van der Waals surface area contributed by atoms with Crippen LogP contribution in [0.5, 0.6) is 0 Å². The van der Waals surface area contributed by atoms with Crippen LogP contribution in [0, 0.1) is 0 Å². The van der Waals surface area contributed by atoms with E-state index in [4.69, 9.17) is 27.9 Å². The molecule has 4 atom stereocenters. The number of benzene rings is 1. The van der Waals surface area contributed by atoms with Crippen molar-refractivity contribution in [1.29, 1.82) is 0 Å². The zero-order valence-corrected chi connectivity index (χ0v) is 14.5. The van der Waals surface area contributed by atoms with Crippen LogP contribution in [-0.4, -0.2) is 56.3 Å². The Bertz CT molecular complexity index is 739. The van der Waals surface area contributed by atoms with Gasteiger partial charge in [-0.15, -0.1) is 0 Å². The highest BCUT2D eigenvalue weighted by Crippen LogP contribution is 2.37. The number of aliphatic hydroxyl groups is 3. The number of imidazole rings is 1. The summed E-state index contributed by atoms with van der Waals surface area (Å²) in [6.07, 6.45) is -3.31. The number of anilines is 1. The first-order chi connectivity index (χ1) is 11.5. The van der Waals surface area contributed by atoms with Gasteiger partial charge in [0.15, 0.2) is 6.23 Å². The number of nitrogens with one attached hydrogen (secondary N) is 1. The van der Waals surface area contributed by atoms with Crippen LogP contribution in [0.1, 0.15) is 19.6 Å². The lowest BCUT2D eigenvalue weighted by Crippen LogP contribution is -2.33. The topological polar surface area (TPSA) is 99.8 Å². The van der Waals surface area contributed by atoms with Gasteiger partial charge in [0, 0.05) is 6.54 Å². The van der Waals surface area contributed by atoms with Gasteiger partial charge < -0.3 is 25.4 Å². The molecule has 1 fully saturated rings. The molecule has 2 aromatic rings. The van der Waals surface area contributed by atoms with Crippen LogP contribution in [0.25, 0.3) is 11.0 Å². The number of ether oxygens (including phenoxy) is 1. The first-order valence-corrected chi connectivity index (χ1v) is 8.46. The van der Waals surface area contributed by atoms with Gasteiger partial charge in [-0.2, -0.15) is 0 Å². The van der Waals surface area contributed by atoms with Gasteiger partial charge in [-0.1, -0.05) is 30.1 Å². The monoisotopic (exact) mass is 375 g/mol. The number of halogens is 2. The van der Waals surface area contributed by atoms with Crippen molar-refractivity contribution in [3.8, 4) is 0 Å². The molecule has 1 saturated heterocycles. The third-order valence-corrected chi connectivity index (χ3v) is 4.76. The Hall–Kier alpha value is -1.09. The molecule has 1 aliphatic rings. The molecule has 7 nitrogen and oxygen atoms in total. The molecule has 1 aromatic heterocycles. The molecular weight excluding hydrogens is 357 g/mol. The van der Waals surface area contributed by atoms with Crippen LogP contribution in [0.15, 0.2) is 12.1 Å². The second kappa shape index (κ2) is 7.03. The minimum absolute atomic E-state index is 0.346. The average Bonchev–Trinajstić information content (AvgIpc) is 3.04. The molecule has 0 unspecified atom stereocenters. The highest BCUT2D eigenvalue weighted by molar-refractivity contribution is 6.42. The van der Waals surface area contributed by atoms with Gasteiger partial charge in [0.1, 0.15) is 18.3 Å². The van der Waals surface area contributed by atoms with Crippen LogP contribution in [-0.2, 0) is 4.74 Å². The summed E-state index contributed by atoms with van der Waals surface area (Å²) in [7, 11) is 0. The Balaban J connectivity index is 2.12. The van der Waals surface area contributed by atoms with Crippen LogP contribution in [0.4, 0.5) is 5.95 Å². The quantitative estimate of drug-likeness (QED) is 0.635. The molecule has 4 N–H and O–H groups in total. The highest BCUT2D eigenvalue weighted by Gasteiger charge is 2.44. The van der Waals surface area contributed by atoms with Gasteiger partial charge in [-0.05, 0) is 18.6 Å². The van der Waals surface area contributed by atoms with Gasteiger partial charge in [0.05, 0.1) is 27.7 Å². The van der Waals surface area contributed by atoms with Crippen LogP contribution in [0.2, 0.25) is 10.0 Å². The molecule has 1 aliphatic heterocycles. The lowest BCUT2D eigenvalue weighted by molar-refractivity contribution is -0.0499. The third kappa shape index (κ3) is 2.96. The number of aliphatic hydroxyl groups excluding tert-OH is 3. The summed E-state index contributed by atoms with van der Waals surface area (Å²) in [4.78, 5) is 4.48. The van der Waals surface area contributed by atoms with E-state index in [0.29, 0.717) is 33.6 Å². The predicted octanol–water partition coefficient (Wildman–Crippen LogP) is 1.78. The van der Waals surface area contributed by atoms with E-state index in [2.05, 4.69) is 10.3 Å². The van der Waals surface area contributed by atoms with E-state index < -0.39 is 31.1 Å². The summed E-state index contributed by atoms with van der Waals surface area (Å²) in [5.41, 5.74) is 1.19. The molecule has 0 spiro atoms. The van der Waals surface area contributed by atoms with Gasteiger partial charge >= 0.3 is 0 Å². The number of rotatable bonds is 5. The molecule has 0 bridgehead atoms. The third-order valence-electron chi connectivity index (χ3n) is 4.04. The molecule has 0 radical (unpaired) electrons. The van der Waals surface area contributed by atoms with Crippen molar-refractivity contribution < 1.29 is 20.1 Å². The second-order valence-corrected chi connectivity index (χ2v) is 6.53. The molecule has 0 amide bonds. The standard InChI is InChI=1S/C15H19Cl2N3O4/c1-2-3-18-15-19-9-4-7(16)8(17)5-10(9)20(15)14-13(23)12(22)11(6-21)24-14/h4-5,11-14,21-23H,2-3,6H2,1H3,(H,18,19)/t11-,12-,13-,14-/m0/s1. The van der Waals surface area contributed by atoms with E-state index in [1.165, 1.54) is 0 Å². The molecule has 24 heavy (non-hydrogen) atoms. The zero-order chi connectivity index (χ0) is 17.4. The predicted molar refractivity (Wildman–Crippen MR) is 91.5 cm³/mol. The van der Waals surface area contributed by atoms with E-state index in [9.17, 15) is 15.3 Å². The molecule has 3 rings (SSSR count).